The molecule has 0 aliphatic carbocycles. The molecule has 0 aromatic carbocycles. The molecular formula is C16H12ClF3N4O2S. The van der Waals surface area contributed by atoms with Gasteiger partial charge in [0.1, 0.15) is 0 Å². The average Bonchev–Trinajstić information content (AvgIpc) is 3.22. The molecule has 11 heteroatoms. The van der Waals surface area contributed by atoms with Crippen molar-refractivity contribution < 1.29 is 22.8 Å². The number of halogens is 4. The van der Waals surface area contributed by atoms with Crippen LogP contribution >= 0.6 is 22.9 Å². The number of anilines is 1. The van der Waals surface area contributed by atoms with Crippen molar-refractivity contribution in [2.24, 2.45) is 5.10 Å². The van der Waals surface area contributed by atoms with Crippen molar-refractivity contribution in [3.05, 3.63) is 45.2 Å². The van der Waals surface area contributed by atoms with Crippen LogP contribution < -0.4 is 10.3 Å². The first-order valence-corrected chi connectivity index (χ1v) is 8.91. The van der Waals surface area contributed by atoms with Crippen molar-refractivity contribution in [3.8, 4) is 0 Å². The van der Waals surface area contributed by atoms with Crippen molar-refractivity contribution in [3.63, 3.8) is 0 Å². The monoisotopic (exact) mass is 416 g/mol. The number of nitrogens with zero attached hydrogens (tertiary/aromatic N) is 3. The smallest absolute Gasteiger partial charge is 0.351 e. The van der Waals surface area contributed by atoms with Gasteiger partial charge in [-0.25, -0.2) is 4.98 Å². The van der Waals surface area contributed by atoms with Crippen LogP contribution in [0.15, 0.2) is 34.9 Å². The fourth-order valence-electron chi connectivity index (χ4n) is 2.33. The summed E-state index contributed by atoms with van der Waals surface area (Å²) in [5.74, 6) is -1.04. The number of aromatic nitrogens is 1. The van der Waals surface area contributed by atoms with Crippen molar-refractivity contribution in [2.45, 2.75) is 25.6 Å². The molecule has 142 valence electrons. The number of carbonyl (C=O) groups is 2. The van der Waals surface area contributed by atoms with Crippen molar-refractivity contribution in [1.82, 2.24) is 10.3 Å². The first kappa shape index (κ1) is 19.3. The molecule has 0 atom stereocenters. The van der Waals surface area contributed by atoms with Crippen LogP contribution in [0.1, 0.15) is 23.3 Å². The molecule has 3 heterocycles. The summed E-state index contributed by atoms with van der Waals surface area (Å²) in [5, 5.41) is 9.06. The number of nitrogens with one attached hydrogen (secondary N) is 1. The van der Waals surface area contributed by atoms with E-state index in [0.29, 0.717) is 18.8 Å². The standard InChI is InChI=1S/C16H12ClF3N4O2S/c17-12-4-9(16(18,19)20)7-22-15(12)24-14(26)6-10(23-24)5-13(25)21-8-11-2-1-3-27-11/h1-4,7H,5-6,8H2,(H,21,25). The number of hydrazone groups is 1. The predicted octanol–water partition coefficient (Wildman–Crippen LogP) is 3.61. The van der Waals surface area contributed by atoms with Crippen LogP contribution in [0.25, 0.3) is 0 Å². The summed E-state index contributed by atoms with van der Waals surface area (Å²) in [4.78, 5) is 28.7. The topological polar surface area (TPSA) is 74.7 Å². The zero-order valence-corrected chi connectivity index (χ0v) is 15.2. The maximum absolute atomic E-state index is 12.7. The number of thiophene rings is 1. The molecule has 0 fully saturated rings. The number of hydrogen-bond donors (Lipinski definition) is 1. The molecule has 1 aliphatic rings. The highest BCUT2D eigenvalue weighted by Crippen LogP contribution is 2.34. The Bertz CT molecular complexity index is 900. The van der Waals surface area contributed by atoms with E-state index in [4.69, 9.17) is 11.6 Å². The highest BCUT2D eigenvalue weighted by molar-refractivity contribution is 7.09. The summed E-state index contributed by atoms with van der Waals surface area (Å²) in [6, 6.07) is 4.42. The summed E-state index contributed by atoms with van der Waals surface area (Å²) in [6.45, 7) is 0.369. The highest BCUT2D eigenvalue weighted by Gasteiger charge is 2.34. The van der Waals surface area contributed by atoms with Crippen LogP contribution in [0.4, 0.5) is 19.0 Å². The van der Waals surface area contributed by atoms with Crippen molar-refractivity contribution in [1.29, 1.82) is 0 Å². The summed E-state index contributed by atoms with van der Waals surface area (Å²) in [6.07, 6.45) is -4.26. The number of alkyl halides is 3. The lowest BCUT2D eigenvalue weighted by molar-refractivity contribution is -0.137. The summed E-state index contributed by atoms with van der Waals surface area (Å²) in [7, 11) is 0. The largest absolute Gasteiger partial charge is 0.417 e. The van der Waals surface area contributed by atoms with E-state index in [-0.39, 0.29) is 35.3 Å². The number of hydrogen-bond acceptors (Lipinski definition) is 5. The minimum absolute atomic E-state index is 0.105. The number of amides is 2. The molecule has 0 radical (unpaired) electrons. The summed E-state index contributed by atoms with van der Waals surface area (Å²) in [5.41, 5.74) is -0.749. The van der Waals surface area contributed by atoms with Crippen LogP contribution in [-0.4, -0.2) is 22.5 Å². The zero-order valence-electron chi connectivity index (χ0n) is 13.6. The molecule has 27 heavy (non-hydrogen) atoms. The van der Waals surface area contributed by atoms with Crippen LogP contribution in [0, 0.1) is 0 Å². The summed E-state index contributed by atoms with van der Waals surface area (Å²) < 4.78 is 38.0. The lowest BCUT2D eigenvalue weighted by Gasteiger charge is -2.14. The van der Waals surface area contributed by atoms with E-state index in [9.17, 15) is 22.8 Å². The minimum Gasteiger partial charge on any atom is -0.351 e. The van der Waals surface area contributed by atoms with Gasteiger partial charge in [0.2, 0.25) is 5.91 Å². The first-order chi connectivity index (χ1) is 12.7. The van der Waals surface area contributed by atoms with Crippen LogP contribution in [0.5, 0.6) is 0 Å². The summed E-state index contributed by atoms with van der Waals surface area (Å²) >= 11 is 7.34. The molecule has 0 unspecified atom stereocenters. The minimum atomic E-state index is -4.60. The van der Waals surface area contributed by atoms with Gasteiger partial charge in [-0.2, -0.15) is 23.3 Å². The first-order valence-electron chi connectivity index (χ1n) is 7.65. The van der Waals surface area contributed by atoms with Crippen LogP contribution in [-0.2, 0) is 22.3 Å². The van der Waals surface area contributed by atoms with Gasteiger partial charge in [-0.05, 0) is 17.5 Å². The van der Waals surface area contributed by atoms with E-state index in [1.54, 1.807) is 0 Å². The predicted molar refractivity (Wildman–Crippen MR) is 94.6 cm³/mol. The Morgan fingerprint density at radius 3 is 2.81 bits per heavy atom. The van der Waals surface area contributed by atoms with E-state index in [1.807, 2.05) is 17.5 Å². The van der Waals surface area contributed by atoms with Crippen molar-refractivity contribution in [2.75, 3.05) is 5.01 Å². The maximum Gasteiger partial charge on any atom is 0.417 e. The Kier molecular flexibility index (Phi) is 5.47. The van der Waals surface area contributed by atoms with E-state index in [0.717, 1.165) is 9.89 Å². The normalized spacial score (nSPS) is 14.4. The lowest BCUT2D eigenvalue weighted by atomic mass is 10.2. The second-order valence-corrected chi connectivity index (χ2v) is 7.05. The van der Waals surface area contributed by atoms with Gasteiger partial charge < -0.3 is 5.32 Å². The van der Waals surface area contributed by atoms with Gasteiger partial charge in [0, 0.05) is 11.1 Å². The highest BCUT2D eigenvalue weighted by atomic mass is 35.5. The number of pyridine rings is 1. The molecule has 2 aromatic heterocycles. The Hall–Kier alpha value is -2.46. The number of rotatable bonds is 5. The van der Waals surface area contributed by atoms with E-state index in [2.05, 4.69) is 15.4 Å². The van der Waals surface area contributed by atoms with E-state index in [1.165, 1.54) is 11.3 Å². The molecule has 0 spiro atoms. The molecular weight excluding hydrogens is 405 g/mol. The quantitative estimate of drug-likeness (QED) is 0.809. The zero-order chi connectivity index (χ0) is 19.6. The molecule has 1 aliphatic heterocycles. The molecule has 0 bridgehead atoms. The van der Waals surface area contributed by atoms with E-state index < -0.39 is 17.6 Å². The fourth-order valence-corrected chi connectivity index (χ4v) is 3.22. The van der Waals surface area contributed by atoms with Crippen molar-refractivity contribution >= 4 is 46.3 Å². The molecule has 2 aromatic rings. The molecule has 0 saturated heterocycles. The third-order valence-corrected chi connectivity index (χ3v) is 4.74. The van der Waals surface area contributed by atoms with Gasteiger partial charge in [0.15, 0.2) is 5.82 Å². The molecule has 1 N–H and O–H groups in total. The Morgan fingerprint density at radius 2 is 2.19 bits per heavy atom. The van der Waals surface area contributed by atoms with Gasteiger partial charge in [-0.1, -0.05) is 17.7 Å². The lowest BCUT2D eigenvalue weighted by Crippen LogP contribution is -2.24. The maximum atomic E-state index is 12.7. The van der Waals surface area contributed by atoms with Crippen LogP contribution in [0.2, 0.25) is 5.02 Å². The SMILES string of the molecule is O=C(CC1=NN(c2ncc(C(F)(F)F)cc2Cl)C(=O)C1)NCc1cccs1. The van der Waals surface area contributed by atoms with Gasteiger partial charge in [-0.15, -0.1) is 11.3 Å². The van der Waals surface area contributed by atoms with Gasteiger partial charge in [0.25, 0.3) is 5.91 Å². The Balaban J connectivity index is 1.68. The van der Waals surface area contributed by atoms with Crippen LogP contribution in [0.3, 0.4) is 0 Å². The second kappa shape index (κ2) is 7.65. The van der Waals surface area contributed by atoms with E-state index >= 15 is 0 Å². The van der Waals surface area contributed by atoms with Gasteiger partial charge in [0.05, 0.1) is 35.7 Å². The molecule has 2 amide bonds. The molecule has 6 nitrogen and oxygen atoms in total. The second-order valence-electron chi connectivity index (χ2n) is 5.61. The molecule has 0 saturated carbocycles. The van der Waals surface area contributed by atoms with Gasteiger partial charge >= 0.3 is 6.18 Å². The average molecular weight is 417 g/mol. The Morgan fingerprint density at radius 1 is 1.41 bits per heavy atom. The molecule has 3 rings (SSSR count). The third kappa shape index (κ3) is 4.64. The van der Waals surface area contributed by atoms with Gasteiger partial charge in [-0.3, -0.25) is 9.59 Å². The fraction of sp³-hybridized carbons (Fsp3) is 0.250. The number of carbonyl (C=O) groups excluding carboxylic acids is 2. The third-order valence-electron chi connectivity index (χ3n) is 3.59. The Labute approximate surface area is 160 Å².